The molecule has 0 aliphatic heterocycles. The van der Waals surface area contributed by atoms with Crippen molar-refractivity contribution in [2.75, 3.05) is 0 Å². The Kier molecular flexibility index (Phi) is 3.39. The Morgan fingerprint density at radius 3 is 2.33 bits per heavy atom. The number of hydrogen-bond acceptors (Lipinski definition) is 4. The summed E-state index contributed by atoms with van der Waals surface area (Å²) in [5.41, 5.74) is 2.39. The van der Waals surface area contributed by atoms with Gasteiger partial charge in [-0.3, -0.25) is 9.97 Å². The maximum absolute atomic E-state index is 11.3. The summed E-state index contributed by atoms with van der Waals surface area (Å²) >= 11 is 0. The summed E-state index contributed by atoms with van der Waals surface area (Å²) in [6.45, 7) is 0. The van der Waals surface area contributed by atoms with E-state index in [0.717, 1.165) is 5.69 Å². The number of carboxylic acids is 1. The molecule has 0 amide bonds. The van der Waals surface area contributed by atoms with E-state index in [4.69, 9.17) is 0 Å². The summed E-state index contributed by atoms with van der Waals surface area (Å²) in [4.78, 5) is 24.1. The van der Waals surface area contributed by atoms with Gasteiger partial charge < -0.3 is 5.11 Å². The average Bonchev–Trinajstić information content (AvgIpc) is 2.56. The quantitative estimate of drug-likeness (QED) is 0.796. The molecule has 5 nitrogen and oxygen atoms in total. The van der Waals surface area contributed by atoms with Crippen LogP contribution in [0.15, 0.2) is 60.9 Å². The lowest BCUT2D eigenvalue weighted by Crippen LogP contribution is -2.02. The molecule has 0 saturated heterocycles. The minimum atomic E-state index is -1.02. The van der Waals surface area contributed by atoms with E-state index in [2.05, 4.69) is 15.0 Å². The van der Waals surface area contributed by atoms with Gasteiger partial charge in [0.25, 0.3) is 0 Å². The van der Waals surface area contributed by atoms with Crippen molar-refractivity contribution in [3.05, 3.63) is 66.5 Å². The Bertz CT molecular complexity index is 788. The van der Waals surface area contributed by atoms with Crippen LogP contribution >= 0.6 is 0 Å². The number of aromatic nitrogens is 3. The van der Waals surface area contributed by atoms with Crippen LogP contribution in [0.3, 0.4) is 0 Å². The fourth-order valence-corrected chi connectivity index (χ4v) is 2.01. The molecule has 1 N–H and O–H groups in total. The van der Waals surface area contributed by atoms with E-state index >= 15 is 0 Å². The Morgan fingerprint density at radius 1 is 0.810 bits per heavy atom. The van der Waals surface area contributed by atoms with Gasteiger partial charge in [-0.25, -0.2) is 9.78 Å². The van der Waals surface area contributed by atoms with Crippen molar-refractivity contribution < 1.29 is 9.90 Å². The minimum absolute atomic E-state index is 0.128. The van der Waals surface area contributed by atoms with E-state index < -0.39 is 5.97 Å². The molecular weight excluding hydrogens is 266 g/mol. The second-order valence-electron chi connectivity index (χ2n) is 4.33. The van der Waals surface area contributed by atoms with Crippen molar-refractivity contribution in [1.29, 1.82) is 0 Å². The van der Waals surface area contributed by atoms with Crippen molar-refractivity contribution in [2.24, 2.45) is 0 Å². The van der Waals surface area contributed by atoms with Gasteiger partial charge in [-0.15, -0.1) is 0 Å². The van der Waals surface area contributed by atoms with Gasteiger partial charge >= 0.3 is 5.97 Å². The molecule has 3 rings (SSSR count). The molecule has 0 aromatic carbocycles. The van der Waals surface area contributed by atoms with Gasteiger partial charge in [0.2, 0.25) is 0 Å². The first kappa shape index (κ1) is 12.9. The van der Waals surface area contributed by atoms with Crippen LogP contribution in [0.4, 0.5) is 0 Å². The van der Waals surface area contributed by atoms with Gasteiger partial charge in [0.15, 0.2) is 0 Å². The summed E-state index contributed by atoms with van der Waals surface area (Å²) in [6, 6.07) is 14.0. The highest BCUT2D eigenvalue weighted by molar-refractivity contribution is 5.94. The predicted molar refractivity (Wildman–Crippen MR) is 77.7 cm³/mol. The molecule has 3 heterocycles. The number of rotatable bonds is 3. The highest BCUT2D eigenvalue weighted by atomic mass is 16.4. The molecule has 0 aliphatic rings. The highest BCUT2D eigenvalue weighted by Gasteiger charge is 2.14. The van der Waals surface area contributed by atoms with E-state index in [1.165, 1.54) is 6.07 Å². The van der Waals surface area contributed by atoms with Crippen molar-refractivity contribution in [1.82, 2.24) is 15.0 Å². The fraction of sp³-hybridized carbons (Fsp3) is 0. The number of pyridine rings is 3. The minimum Gasteiger partial charge on any atom is -0.478 e. The third-order valence-electron chi connectivity index (χ3n) is 2.96. The van der Waals surface area contributed by atoms with Gasteiger partial charge in [-0.05, 0) is 36.4 Å². The van der Waals surface area contributed by atoms with Crippen LogP contribution in [0, 0.1) is 0 Å². The topological polar surface area (TPSA) is 76.0 Å². The summed E-state index contributed by atoms with van der Waals surface area (Å²) in [5.74, 6) is -1.02. The van der Waals surface area contributed by atoms with Crippen molar-refractivity contribution in [3.63, 3.8) is 0 Å². The number of carboxylic acid groups (broad SMARTS) is 1. The van der Waals surface area contributed by atoms with E-state index in [1.54, 1.807) is 24.5 Å². The lowest BCUT2D eigenvalue weighted by molar-refractivity contribution is 0.0697. The standard InChI is InChI=1S/C16H11N3O2/c20-16(21)11-5-4-10-18-15(11)14-8-3-7-13(19-14)12-6-1-2-9-17-12/h1-10H,(H,20,21). The molecule has 0 saturated carbocycles. The van der Waals surface area contributed by atoms with Crippen LogP contribution in [-0.2, 0) is 0 Å². The maximum atomic E-state index is 11.3. The molecule has 3 aromatic heterocycles. The van der Waals surface area contributed by atoms with Crippen molar-refractivity contribution >= 4 is 5.97 Å². The molecule has 0 atom stereocenters. The highest BCUT2D eigenvalue weighted by Crippen LogP contribution is 2.22. The van der Waals surface area contributed by atoms with E-state index in [1.807, 2.05) is 30.3 Å². The first-order chi connectivity index (χ1) is 10.3. The molecule has 102 valence electrons. The van der Waals surface area contributed by atoms with Crippen LogP contribution < -0.4 is 0 Å². The zero-order valence-corrected chi connectivity index (χ0v) is 11.0. The van der Waals surface area contributed by atoms with Crippen LogP contribution in [0.1, 0.15) is 10.4 Å². The third-order valence-corrected chi connectivity index (χ3v) is 2.96. The SMILES string of the molecule is O=C(O)c1cccnc1-c1cccc(-c2ccccn2)n1. The Balaban J connectivity index is 2.11. The molecule has 0 fully saturated rings. The van der Waals surface area contributed by atoms with Crippen LogP contribution in [-0.4, -0.2) is 26.0 Å². The molecule has 5 heteroatoms. The maximum Gasteiger partial charge on any atom is 0.337 e. The van der Waals surface area contributed by atoms with Gasteiger partial charge in [0, 0.05) is 12.4 Å². The molecule has 0 bridgehead atoms. The monoisotopic (exact) mass is 277 g/mol. The molecule has 0 spiro atoms. The van der Waals surface area contributed by atoms with E-state index in [9.17, 15) is 9.90 Å². The van der Waals surface area contributed by atoms with Gasteiger partial charge in [0.05, 0.1) is 22.6 Å². The smallest absolute Gasteiger partial charge is 0.337 e. The van der Waals surface area contributed by atoms with Crippen molar-refractivity contribution in [2.45, 2.75) is 0 Å². The molecule has 0 aliphatic carbocycles. The summed E-state index contributed by atoms with van der Waals surface area (Å²) in [7, 11) is 0. The van der Waals surface area contributed by atoms with Gasteiger partial charge in [0.1, 0.15) is 5.69 Å². The Labute approximate surface area is 121 Å². The largest absolute Gasteiger partial charge is 0.478 e. The summed E-state index contributed by atoms with van der Waals surface area (Å²) in [5, 5.41) is 9.23. The third kappa shape index (κ3) is 2.62. The normalized spacial score (nSPS) is 10.3. The van der Waals surface area contributed by atoms with Crippen LogP contribution in [0.5, 0.6) is 0 Å². The van der Waals surface area contributed by atoms with Crippen molar-refractivity contribution in [3.8, 4) is 22.8 Å². The number of aromatic carboxylic acids is 1. The molecular formula is C16H11N3O2. The number of carbonyl (C=O) groups is 1. The van der Waals surface area contributed by atoms with E-state index in [-0.39, 0.29) is 5.56 Å². The van der Waals surface area contributed by atoms with Gasteiger partial charge in [-0.1, -0.05) is 12.1 Å². The number of nitrogens with zero attached hydrogens (tertiary/aromatic N) is 3. The summed E-state index contributed by atoms with van der Waals surface area (Å²) < 4.78 is 0. The van der Waals surface area contributed by atoms with Crippen LogP contribution in [0.2, 0.25) is 0 Å². The Morgan fingerprint density at radius 2 is 1.57 bits per heavy atom. The molecule has 0 radical (unpaired) electrons. The molecule has 3 aromatic rings. The Hall–Kier alpha value is -3.08. The van der Waals surface area contributed by atoms with E-state index in [0.29, 0.717) is 17.1 Å². The lowest BCUT2D eigenvalue weighted by atomic mass is 10.1. The van der Waals surface area contributed by atoms with Crippen LogP contribution in [0.25, 0.3) is 22.8 Å². The molecule has 21 heavy (non-hydrogen) atoms. The second kappa shape index (κ2) is 5.50. The zero-order valence-electron chi connectivity index (χ0n) is 11.0. The fourth-order valence-electron chi connectivity index (χ4n) is 2.01. The first-order valence-corrected chi connectivity index (χ1v) is 6.33. The van der Waals surface area contributed by atoms with Gasteiger partial charge in [-0.2, -0.15) is 0 Å². The average molecular weight is 277 g/mol. The predicted octanol–water partition coefficient (Wildman–Crippen LogP) is 2.90. The molecule has 0 unspecified atom stereocenters. The lowest BCUT2D eigenvalue weighted by Gasteiger charge is -2.06. The summed E-state index contributed by atoms with van der Waals surface area (Å²) in [6.07, 6.45) is 3.24. The second-order valence-corrected chi connectivity index (χ2v) is 4.33. The zero-order chi connectivity index (χ0) is 14.7. The number of hydrogen-bond donors (Lipinski definition) is 1. The first-order valence-electron chi connectivity index (χ1n) is 6.33.